The number of nitrogens with zero attached hydrogens (tertiary/aromatic N) is 3. The van der Waals surface area contributed by atoms with Crippen molar-refractivity contribution in [2.45, 2.75) is 24.4 Å². The molecule has 230 valence electrons. The number of carbonyl (C=O) groups is 2. The first-order chi connectivity index (χ1) is 22.0. The number of rotatable bonds is 10. The number of fused-ring (bicyclic) bond motifs is 1. The average Bonchev–Trinajstić information content (AvgIpc) is 3.06. The third kappa shape index (κ3) is 8.24. The Morgan fingerprint density at radius 3 is 2.29 bits per heavy atom. The molecule has 4 aromatic rings. The van der Waals surface area contributed by atoms with Gasteiger partial charge in [0.15, 0.2) is 0 Å². The van der Waals surface area contributed by atoms with Gasteiger partial charge in [-0.1, -0.05) is 90.1 Å². The van der Waals surface area contributed by atoms with Gasteiger partial charge in [0, 0.05) is 54.8 Å². The number of hydrogen-bond acceptors (Lipinski definition) is 5. The molecule has 1 fully saturated rings. The largest absolute Gasteiger partial charge is 0.352 e. The molecular formula is C37H37ClN4O2S. The van der Waals surface area contributed by atoms with Gasteiger partial charge in [-0.2, -0.15) is 0 Å². The van der Waals surface area contributed by atoms with Crippen LogP contribution in [0, 0.1) is 0 Å². The summed E-state index contributed by atoms with van der Waals surface area (Å²) in [6.45, 7) is 7.31. The minimum absolute atomic E-state index is 0.0573. The van der Waals surface area contributed by atoms with Crippen molar-refractivity contribution in [1.29, 1.82) is 0 Å². The lowest BCUT2D eigenvalue weighted by molar-refractivity contribution is -0.114. The number of anilines is 1. The normalized spacial score (nSPS) is 16.5. The molecule has 1 N–H and O–H groups in total. The first kappa shape index (κ1) is 31.1. The number of amides is 2. The summed E-state index contributed by atoms with van der Waals surface area (Å²) in [5.74, 6) is -0.135. The van der Waals surface area contributed by atoms with E-state index in [2.05, 4.69) is 45.4 Å². The molecule has 0 bridgehead atoms. The summed E-state index contributed by atoms with van der Waals surface area (Å²) in [5.41, 5.74) is 4.70. The number of para-hydroxylation sites is 1. The highest BCUT2D eigenvalue weighted by Crippen LogP contribution is 2.42. The van der Waals surface area contributed by atoms with Crippen LogP contribution in [0.3, 0.4) is 0 Å². The second kappa shape index (κ2) is 14.9. The summed E-state index contributed by atoms with van der Waals surface area (Å²) < 4.78 is 0. The van der Waals surface area contributed by atoms with Crippen molar-refractivity contribution in [1.82, 2.24) is 15.1 Å². The van der Waals surface area contributed by atoms with E-state index in [4.69, 9.17) is 11.6 Å². The number of thioether (sulfide) groups is 1. The Balaban J connectivity index is 0.995. The van der Waals surface area contributed by atoms with Crippen molar-refractivity contribution in [2.24, 2.45) is 0 Å². The van der Waals surface area contributed by atoms with E-state index < -0.39 is 0 Å². The number of benzene rings is 4. The standard InChI is InChI=1S/C37H37ClN4O2S/c38-32-11-6-10-30(24-32)27-42-33-12-4-5-13-34(33)45-35(37(42)44)25-28-14-16-31(17-15-28)36(43)39-18-7-19-40-20-22-41(23-21-40)26-29-8-2-1-3-9-29/h1-6,8-17,24-25H,7,18-23,26-27H2,(H,39,43)/b35-25+. The zero-order valence-corrected chi connectivity index (χ0v) is 26.8. The zero-order chi connectivity index (χ0) is 31.0. The molecule has 8 heteroatoms. The van der Waals surface area contributed by atoms with Gasteiger partial charge < -0.3 is 15.1 Å². The molecule has 2 aliphatic rings. The predicted molar refractivity (Wildman–Crippen MR) is 184 cm³/mol. The van der Waals surface area contributed by atoms with Crippen molar-refractivity contribution < 1.29 is 9.59 Å². The van der Waals surface area contributed by atoms with Crippen LogP contribution in [0.1, 0.15) is 33.5 Å². The first-order valence-electron chi connectivity index (χ1n) is 15.4. The summed E-state index contributed by atoms with van der Waals surface area (Å²) in [4.78, 5) is 34.9. The van der Waals surface area contributed by atoms with E-state index in [9.17, 15) is 9.59 Å². The SMILES string of the molecule is O=C(NCCCN1CCN(Cc2ccccc2)CC1)c1ccc(/C=C2/Sc3ccccc3N(Cc3cccc(Cl)c3)C2=O)cc1. The predicted octanol–water partition coefficient (Wildman–Crippen LogP) is 6.96. The van der Waals surface area contributed by atoms with Crippen LogP contribution in [0.2, 0.25) is 5.02 Å². The summed E-state index contributed by atoms with van der Waals surface area (Å²) in [7, 11) is 0. The summed E-state index contributed by atoms with van der Waals surface area (Å²) in [6.07, 6.45) is 2.82. The first-order valence-corrected chi connectivity index (χ1v) is 16.6. The van der Waals surface area contributed by atoms with E-state index in [0.29, 0.717) is 28.6 Å². The highest BCUT2D eigenvalue weighted by molar-refractivity contribution is 8.04. The number of halogens is 1. The Labute approximate surface area is 274 Å². The zero-order valence-electron chi connectivity index (χ0n) is 25.2. The fourth-order valence-corrected chi connectivity index (χ4v) is 7.01. The third-order valence-electron chi connectivity index (χ3n) is 8.18. The molecule has 45 heavy (non-hydrogen) atoms. The van der Waals surface area contributed by atoms with Crippen molar-refractivity contribution >= 4 is 46.9 Å². The fraction of sp³-hybridized carbons (Fsp3) is 0.243. The quantitative estimate of drug-likeness (QED) is 0.151. The molecule has 0 radical (unpaired) electrons. The molecule has 4 aromatic carbocycles. The lowest BCUT2D eigenvalue weighted by Gasteiger charge is -2.34. The summed E-state index contributed by atoms with van der Waals surface area (Å²) in [6, 6.07) is 33.6. The Bertz CT molecular complexity index is 1650. The maximum absolute atomic E-state index is 13.6. The number of carbonyl (C=O) groups excluding carboxylic acids is 2. The van der Waals surface area contributed by atoms with Gasteiger partial charge >= 0.3 is 0 Å². The third-order valence-corrected chi connectivity index (χ3v) is 9.50. The minimum Gasteiger partial charge on any atom is -0.352 e. The van der Waals surface area contributed by atoms with Gasteiger partial charge in [-0.25, -0.2) is 0 Å². The molecule has 0 unspecified atom stereocenters. The number of piperazine rings is 1. The van der Waals surface area contributed by atoms with Crippen molar-refractivity contribution in [3.05, 3.63) is 135 Å². The molecule has 0 aliphatic carbocycles. The van der Waals surface area contributed by atoms with E-state index in [1.165, 1.54) is 17.3 Å². The molecule has 2 amide bonds. The average molecular weight is 637 g/mol. The molecule has 0 aromatic heterocycles. The van der Waals surface area contributed by atoms with Gasteiger partial charge in [-0.3, -0.25) is 14.5 Å². The smallest absolute Gasteiger partial charge is 0.265 e. The van der Waals surface area contributed by atoms with E-state index in [1.807, 2.05) is 78.9 Å². The van der Waals surface area contributed by atoms with E-state index >= 15 is 0 Å². The van der Waals surface area contributed by atoms with Crippen molar-refractivity contribution in [3.8, 4) is 0 Å². The van der Waals surface area contributed by atoms with Crippen LogP contribution in [-0.4, -0.2) is 60.9 Å². The van der Waals surface area contributed by atoms with Crippen LogP contribution >= 0.6 is 23.4 Å². The highest BCUT2D eigenvalue weighted by atomic mass is 35.5. The van der Waals surface area contributed by atoms with Gasteiger partial charge in [0.05, 0.1) is 17.1 Å². The lowest BCUT2D eigenvalue weighted by atomic mass is 10.1. The van der Waals surface area contributed by atoms with Gasteiger partial charge in [-0.15, -0.1) is 0 Å². The summed E-state index contributed by atoms with van der Waals surface area (Å²) in [5, 5.41) is 3.71. The van der Waals surface area contributed by atoms with Crippen LogP contribution < -0.4 is 10.2 Å². The number of hydrogen-bond donors (Lipinski definition) is 1. The van der Waals surface area contributed by atoms with Gasteiger partial charge in [0.2, 0.25) is 0 Å². The molecule has 2 aliphatic heterocycles. The van der Waals surface area contributed by atoms with E-state index in [0.717, 1.165) is 67.4 Å². The number of nitrogens with one attached hydrogen (secondary N) is 1. The maximum Gasteiger partial charge on any atom is 0.265 e. The Morgan fingerprint density at radius 2 is 1.51 bits per heavy atom. The van der Waals surface area contributed by atoms with Gasteiger partial charge in [0.25, 0.3) is 11.8 Å². The molecule has 0 saturated carbocycles. The summed E-state index contributed by atoms with van der Waals surface area (Å²) >= 11 is 7.68. The second-order valence-electron chi connectivity index (χ2n) is 11.4. The Hall–Kier alpha value is -3.88. The maximum atomic E-state index is 13.6. The van der Waals surface area contributed by atoms with Crippen molar-refractivity contribution in [3.63, 3.8) is 0 Å². The van der Waals surface area contributed by atoms with E-state index in [1.54, 1.807) is 4.90 Å². The van der Waals surface area contributed by atoms with E-state index in [-0.39, 0.29) is 11.8 Å². The second-order valence-corrected chi connectivity index (χ2v) is 13.0. The van der Waals surface area contributed by atoms with Gasteiger partial charge in [-0.05, 0) is 72.1 Å². The topological polar surface area (TPSA) is 55.9 Å². The molecule has 1 saturated heterocycles. The minimum atomic E-state index is -0.0772. The molecule has 6 rings (SSSR count). The van der Waals surface area contributed by atoms with Crippen LogP contribution in [0.15, 0.2) is 113 Å². The Morgan fingerprint density at radius 1 is 0.800 bits per heavy atom. The highest BCUT2D eigenvalue weighted by Gasteiger charge is 2.29. The fourth-order valence-electron chi connectivity index (χ4n) is 5.74. The van der Waals surface area contributed by atoms with Crippen LogP contribution in [-0.2, 0) is 17.9 Å². The van der Waals surface area contributed by atoms with Crippen LogP contribution in [0.25, 0.3) is 6.08 Å². The molecule has 0 spiro atoms. The molecule has 0 atom stereocenters. The van der Waals surface area contributed by atoms with Gasteiger partial charge in [0.1, 0.15) is 0 Å². The molecule has 2 heterocycles. The van der Waals surface area contributed by atoms with Crippen LogP contribution in [0.4, 0.5) is 5.69 Å². The van der Waals surface area contributed by atoms with Crippen molar-refractivity contribution in [2.75, 3.05) is 44.2 Å². The molecule has 6 nitrogen and oxygen atoms in total. The Kier molecular flexibility index (Phi) is 10.3. The lowest BCUT2D eigenvalue weighted by Crippen LogP contribution is -2.46. The molecular weight excluding hydrogens is 600 g/mol. The van der Waals surface area contributed by atoms with Crippen LogP contribution in [0.5, 0.6) is 0 Å². The monoisotopic (exact) mass is 636 g/mol.